The highest BCUT2D eigenvalue weighted by molar-refractivity contribution is 8.01. The van der Waals surface area contributed by atoms with Gasteiger partial charge in [-0.3, -0.25) is 14.6 Å². The van der Waals surface area contributed by atoms with Gasteiger partial charge >= 0.3 is 0 Å². The van der Waals surface area contributed by atoms with Crippen LogP contribution in [0.5, 0.6) is 0 Å². The number of nitrogens with one attached hydrogen (secondary N) is 1. The van der Waals surface area contributed by atoms with Gasteiger partial charge in [0.2, 0.25) is 0 Å². The number of aromatic nitrogens is 2. The molecule has 3 heterocycles. The van der Waals surface area contributed by atoms with Gasteiger partial charge < -0.3 is 9.62 Å². The van der Waals surface area contributed by atoms with E-state index in [1.54, 1.807) is 6.07 Å². The van der Waals surface area contributed by atoms with Crippen molar-refractivity contribution in [3.63, 3.8) is 0 Å². The van der Waals surface area contributed by atoms with Gasteiger partial charge in [-0.1, -0.05) is 37.8 Å². The number of rotatable bonds is 12. The number of hydrogen-bond donors (Lipinski definition) is 1. The first-order valence-electron chi connectivity index (χ1n) is 17.6. The summed E-state index contributed by atoms with van der Waals surface area (Å²) in [5, 5.41) is 1.17. The molecule has 0 radical (unpaired) electrons. The van der Waals surface area contributed by atoms with Gasteiger partial charge in [-0.2, -0.15) is 0 Å². The molecule has 1 unspecified atom stereocenters. The molecule has 1 aromatic heterocycles. The maximum absolute atomic E-state index is 14.9. The molecule has 1 N–H and O–H groups in total. The number of halogens is 1. The third kappa shape index (κ3) is 10.0. The van der Waals surface area contributed by atoms with Gasteiger partial charge in [0.25, 0.3) is 0 Å². The summed E-state index contributed by atoms with van der Waals surface area (Å²) in [6.45, 7) is 20.7. The number of carbonyl (C=O) groups excluding carboxylic acids is 1. The molecule has 260 valence electrons. The van der Waals surface area contributed by atoms with E-state index in [9.17, 15) is 9.18 Å². The first-order valence-corrected chi connectivity index (χ1v) is 18.4. The normalized spacial score (nSPS) is 17.6. The van der Waals surface area contributed by atoms with Crippen LogP contribution >= 0.6 is 11.9 Å². The van der Waals surface area contributed by atoms with Crippen LogP contribution in [0.4, 0.5) is 4.39 Å². The Morgan fingerprint density at radius 2 is 1.78 bits per heavy atom. The van der Waals surface area contributed by atoms with Crippen molar-refractivity contribution in [1.29, 1.82) is 0 Å². The summed E-state index contributed by atoms with van der Waals surface area (Å²) in [6, 6.07) is 7.65. The molecule has 0 amide bonds. The lowest BCUT2D eigenvalue weighted by Gasteiger charge is -2.33. The molecule has 0 saturated carbocycles. The number of aryl methyl sites for hydroxylation is 4. The predicted molar refractivity (Wildman–Crippen MR) is 201 cm³/mol. The Hall–Kier alpha value is -3.55. The topological polar surface area (TPSA) is 64.6 Å². The van der Waals surface area contributed by atoms with Crippen molar-refractivity contribution in [2.24, 2.45) is 0 Å². The molecule has 2 saturated heterocycles. The van der Waals surface area contributed by atoms with Crippen LogP contribution in [-0.4, -0.2) is 83.3 Å². The summed E-state index contributed by atoms with van der Waals surface area (Å²) in [4.78, 5) is 29.1. The van der Waals surface area contributed by atoms with E-state index in [2.05, 4.69) is 80.4 Å². The summed E-state index contributed by atoms with van der Waals surface area (Å²) >= 11 is 1.51. The van der Waals surface area contributed by atoms with Crippen molar-refractivity contribution in [3.8, 4) is 11.8 Å². The second kappa shape index (κ2) is 17.4. The average Bonchev–Trinajstić information content (AvgIpc) is 3.24. The first kappa shape index (κ1) is 36.7. The minimum Gasteiger partial charge on any atom is -0.329 e. The highest BCUT2D eigenvalue weighted by Crippen LogP contribution is 2.28. The molecule has 7 nitrogen and oxygen atoms in total. The molecule has 2 aliphatic heterocycles. The van der Waals surface area contributed by atoms with Crippen LogP contribution in [0.1, 0.15) is 82.7 Å². The Morgan fingerprint density at radius 1 is 1.02 bits per heavy atom. The number of piperazine rings is 1. The van der Waals surface area contributed by atoms with Crippen molar-refractivity contribution in [2.75, 3.05) is 46.3 Å². The van der Waals surface area contributed by atoms with E-state index in [1.807, 2.05) is 14.0 Å². The molecule has 2 fully saturated rings. The molecular weight excluding hydrogens is 632 g/mol. The van der Waals surface area contributed by atoms with Crippen molar-refractivity contribution >= 4 is 29.1 Å². The molecule has 3 aromatic rings. The van der Waals surface area contributed by atoms with E-state index in [4.69, 9.17) is 0 Å². The SMILES string of the molecule is C=C1CCC(N(C)Cc2cc(C#CCN3CCN(CCCCCCc4cc5c(C)nc(C)nc5cc4C)CC3)c(F)cc2C=O)C(=C)NS1. The molecule has 1 atom stereocenters. The zero-order valence-corrected chi connectivity index (χ0v) is 30.5. The summed E-state index contributed by atoms with van der Waals surface area (Å²) in [5.74, 6) is 6.64. The van der Waals surface area contributed by atoms with E-state index >= 15 is 0 Å². The Labute approximate surface area is 296 Å². The van der Waals surface area contributed by atoms with Gasteiger partial charge in [0.15, 0.2) is 0 Å². The van der Waals surface area contributed by atoms with Crippen molar-refractivity contribution in [1.82, 2.24) is 29.4 Å². The van der Waals surface area contributed by atoms with Crippen LogP contribution < -0.4 is 4.72 Å². The third-order valence-corrected chi connectivity index (χ3v) is 10.7. The summed E-state index contributed by atoms with van der Waals surface area (Å²) in [6.07, 6.45) is 8.49. The number of unbranched alkanes of at least 4 members (excludes halogenated alkanes) is 3. The fourth-order valence-corrected chi connectivity index (χ4v) is 7.51. The number of likely N-dealkylation sites (N-methyl/N-ethyl adjacent to an activating group) is 1. The number of hydrogen-bond acceptors (Lipinski definition) is 8. The zero-order valence-electron chi connectivity index (χ0n) is 29.7. The zero-order chi connectivity index (χ0) is 34.9. The maximum atomic E-state index is 14.9. The smallest absolute Gasteiger partial charge is 0.150 e. The average molecular weight is 683 g/mol. The highest BCUT2D eigenvalue weighted by Gasteiger charge is 2.23. The minimum atomic E-state index is -0.453. The summed E-state index contributed by atoms with van der Waals surface area (Å²) in [5.41, 5.74) is 7.22. The lowest BCUT2D eigenvalue weighted by Crippen LogP contribution is -2.46. The van der Waals surface area contributed by atoms with Crippen LogP contribution in [-0.2, 0) is 13.0 Å². The Morgan fingerprint density at radius 3 is 2.55 bits per heavy atom. The quantitative estimate of drug-likeness (QED) is 0.0937. The van der Waals surface area contributed by atoms with Crippen molar-refractivity contribution in [2.45, 2.75) is 78.3 Å². The summed E-state index contributed by atoms with van der Waals surface area (Å²) < 4.78 is 18.2. The second-order valence-corrected chi connectivity index (χ2v) is 14.6. The van der Waals surface area contributed by atoms with E-state index < -0.39 is 5.82 Å². The van der Waals surface area contributed by atoms with E-state index in [0.717, 1.165) is 91.5 Å². The van der Waals surface area contributed by atoms with E-state index in [-0.39, 0.29) is 6.04 Å². The second-order valence-electron chi connectivity index (χ2n) is 13.6. The number of benzene rings is 2. The molecule has 0 aliphatic carbocycles. The van der Waals surface area contributed by atoms with Crippen LogP contribution in [0.3, 0.4) is 0 Å². The van der Waals surface area contributed by atoms with Crippen LogP contribution in [0.15, 0.2) is 48.0 Å². The summed E-state index contributed by atoms with van der Waals surface area (Å²) in [7, 11) is 2.00. The number of nitrogens with zero attached hydrogens (tertiary/aromatic N) is 5. The van der Waals surface area contributed by atoms with Crippen LogP contribution in [0, 0.1) is 38.4 Å². The molecule has 2 aliphatic rings. The standard InChI is InChI=1S/C40H51FN6OS/c1-28-22-39-37(30(3)42-32(5)43-39)24-33(28)12-9-7-8-10-16-46-18-20-47(21-19-46)17-11-13-34-23-35(36(27-48)25-38(34)41)26-45(6)40-15-14-29(2)49-44-31(40)4/h22-25,27,40,44H,2,4,7-10,12,14-21,26H2,1,3,5-6H3. The Kier molecular flexibility index (Phi) is 13.0. The predicted octanol–water partition coefficient (Wildman–Crippen LogP) is 7.14. The molecule has 49 heavy (non-hydrogen) atoms. The lowest BCUT2D eigenvalue weighted by molar-refractivity contribution is 0.112. The van der Waals surface area contributed by atoms with Gasteiger partial charge in [0.1, 0.15) is 17.9 Å². The molecule has 0 bridgehead atoms. The molecule has 2 aromatic carbocycles. The third-order valence-electron chi connectivity index (χ3n) is 9.85. The number of fused-ring (bicyclic) bond motifs is 1. The molecule has 5 rings (SSSR count). The van der Waals surface area contributed by atoms with Gasteiger partial charge in [-0.15, -0.1) is 0 Å². The fourth-order valence-electron chi connectivity index (χ4n) is 6.88. The largest absolute Gasteiger partial charge is 0.329 e. The molecular formula is C40H51FN6OS. The Bertz CT molecular complexity index is 1740. The van der Waals surface area contributed by atoms with Gasteiger partial charge in [-0.05, 0) is 124 Å². The number of aldehydes is 1. The van der Waals surface area contributed by atoms with Crippen molar-refractivity contribution < 1.29 is 9.18 Å². The van der Waals surface area contributed by atoms with Crippen molar-refractivity contribution in [3.05, 3.63) is 93.2 Å². The first-order chi connectivity index (χ1) is 23.6. The highest BCUT2D eigenvalue weighted by atomic mass is 32.2. The van der Waals surface area contributed by atoms with E-state index in [0.29, 0.717) is 24.2 Å². The van der Waals surface area contributed by atoms with Gasteiger partial charge in [0.05, 0.1) is 23.7 Å². The molecule has 9 heteroatoms. The fraction of sp³-hybridized carbons (Fsp3) is 0.475. The maximum Gasteiger partial charge on any atom is 0.150 e. The minimum absolute atomic E-state index is 0.0834. The van der Waals surface area contributed by atoms with Crippen LogP contribution in [0.25, 0.3) is 10.9 Å². The van der Waals surface area contributed by atoms with Gasteiger partial charge in [0, 0.05) is 55.1 Å². The van der Waals surface area contributed by atoms with Gasteiger partial charge in [-0.25, -0.2) is 14.4 Å². The monoisotopic (exact) mass is 682 g/mol. The van der Waals surface area contributed by atoms with E-state index in [1.165, 1.54) is 60.2 Å². The molecule has 0 spiro atoms. The number of carbonyl (C=O) groups is 1. The van der Waals surface area contributed by atoms with Crippen LogP contribution in [0.2, 0.25) is 0 Å². The number of allylic oxidation sites excluding steroid dienone is 1. The lowest BCUT2D eigenvalue weighted by atomic mass is 9.98. The Balaban J connectivity index is 1.03.